The Morgan fingerprint density at radius 1 is 1.08 bits per heavy atom. The van der Waals surface area contributed by atoms with Crippen LogP contribution in [0.3, 0.4) is 0 Å². The summed E-state index contributed by atoms with van der Waals surface area (Å²) in [4.78, 5) is 23.3. The first kappa shape index (κ1) is 18.5. The summed E-state index contributed by atoms with van der Waals surface area (Å²) in [6, 6.07) is 14.8. The lowest BCUT2D eigenvalue weighted by atomic mass is 10.1. The van der Waals surface area contributed by atoms with E-state index >= 15 is 0 Å². The Balaban J connectivity index is 1.85. The van der Waals surface area contributed by atoms with Crippen molar-refractivity contribution >= 4 is 17.5 Å². The van der Waals surface area contributed by atoms with Crippen molar-refractivity contribution in [3.8, 4) is 5.75 Å². The molecule has 0 aromatic heterocycles. The highest BCUT2D eigenvalue weighted by molar-refractivity contribution is 5.96. The molecular formula is C20H24N2O3. The third kappa shape index (κ3) is 6.30. The summed E-state index contributed by atoms with van der Waals surface area (Å²) >= 11 is 0. The number of anilines is 1. The second-order valence-corrected chi connectivity index (χ2v) is 6.08. The number of rotatable bonds is 7. The molecule has 0 bridgehead atoms. The number of nitrogens with one attached hydrogen (secondary N) is 2. The zero-order valence-electron chi connectivity index (χ0n) is 14.8. The van der Waals surface area contributed by atoms with Crippen molar-refractivity contribution in [1.82, 2.24) is 5.32 Å². The van der Waals surface area contributed by atoms with E-state index in [-0.39, 0.29) is 17.9 Å². The number of benzene rings is 2. The normalized spacial score (nSPS) is 10.4. The minimum absolute atomic E-state index is 0.151. The molecule has 0 spiro atoms. The Morgan fingerprint density at radius 2 is 1.80 bits per heavy atom. The van der Waals surface area contributed by atoms with Crippen molar-refractivity contribution in [3.05, 3.63) is 59.7 Å². The molecule has 5 nitrogen and oxygen atoms in total. The Morgan fingerprint density at radius 3 is 2.44 bits per heavy atom. The van der Waals surface area contributed by atoms with Crippen molar-refractivity contribution in [1.29, 1.82) is 0 Å². The molecule has 132 valence electrons. The van der Waals surface area contributed by atoms with Gasteiger partial charge in [0.25, 0.3) is 5.91 Å². The van der Waals surface area contributed by atoms with Crippen LogP contribution in [0, 0.1) is 0 Å². The summed E-state index contributed by atoms with van der Waals surface area (Å²) in [5.74, 6) is 0.520. The molecule has 2 rings (SSSR count). The number of carbonyl (C=O) groups excluding carboxylic acids is 2. The van der Waals surface area contributed by atoms with Crippen LogP contribution in [0.1, 0.15) is 36.7 Å². The van der Waals surface area contributed by atoms with E-state index < -0.39 is 0 Å². The predicted octanol–water partition coefficient (Wildman–Crippen LogP) is 3.40. The molecule has 0 fully saturated rings. The molecule has 0 aliphatic heterocycles. The molecule has 2 N–H and O–H groups in total. The standard InChI is InChI=1S/C20H24N2O3/c1-14(2)25-19-9-7-16(8-10-19)11-12-21-20(24)17-5-4-6-18(13-17)22-15(3)23/h4-10,13-14H,11-12H2,1-3H3,(H,21,24)(H,22,23). The molecule has 0 atom stereocenters. The van der Waals surface area contributed by atoms with Gasteiger partial charge in [0.15, 0.2) is 0 Å². The van der Waals surface area contributed by atoms with E-state index in [1.807, 2.05) is 38.1 Å². The summed E-state index contributed by atoms with van der Waals surface area (Å²) in [5, 5.41) is 5.56. The van der Waals surface area contributed by atoms with E-state index in [4.69, 9.17) is 4.74 Å². The van der Waals surface area contributed by atoms with Crippen LogP contribution >= 0.6 is 0 Å². The monoisotopic (exact) mass is 340 g/mol. The summed E-state index contributed by atoms with van der Waals surface area (Å²) < 4.78 is 5.61. The molecule has 25 heavy (non-hydrogen) atoms. The van der Waals surface area contributed by atoms with E-state index in [1.54, 1.807) is 24.3 Å². The SMILES string of the molecule is CC(=O)Nc1cccc(C(=O)NCCc2ccc(OC(C)C)cc2)c1. The van der Waals surface area contributed by atoms with Crippen molar-refractivity contribution in [3.63, 3.8) is 0 Å². The van der Waals surface area contributed by atoms with Gasteiger partial charge >= 0.3 is 0 Å². The maximum atomic E-state index is 12.2. The Labute approximate surface area is 148 Å². The third-order valence-electron chi connectivity index (χ3n) is 3.44. The molecule has 0 unspecified atom stereocenters. The van der Waals surface area contributed by atoms with E-state index in [2.05, 4.69) is 10.6 Å². The average Bonchev–Trinajstić information content (AvgIpc) is 2.55. The van der Waals surface area contributed by atoms with Gasteiger partial charge in [0, 0.05) is 24.7 Å². The zero-order chi connectivity index (χ0) is 18.2. The minimum atomic E-state index is -0.164. The maximum absolute atomic E-state index is 12.2. The Hall–Kier alpha value is -2.82. The van der Waals surface area contributed by atoms with Gasteiger partial charge in [-0.3, -0.25) is 9.59 Å². The molecule has 0 saturated heterocycles. The van der Waals surface area contributed by atoms with E-state index in [1.165, 1.54) is 6.92 Å². The quantitative estimate of drug-likeness (QED) is 0.812. The molecule has 2 aromatic rings. The smallest absolute Gasteiger partial charge is 0.251 e. The van der Waals surface area contributed by atoms with Gasteiger partial charge in [0.05, 0.1) is 6.10 Å². The first-order valence-electron chi connectivity index (χ1n) is 8.35. The van der Waals surface area contributed by atoms with Gasteiger partial charge in [0.2, 0.25) is 5.91 Å². The van der Waals surface area contributed by atoms with Gasteiger partial charge in [-0.25, -0.2) is 0 Å². The zero-order valence-corrected chi connectivity index (χ0v) is 14.8. The fourth-order valence-electron chi connectivity index (χ4n) is 2.37. The maximum Gasteiger partial charge on any atom is 0.251 e. The first-order valence-corrected chi connectivity index (χ1v) is 8.35. The molecule has 0 saturated carbocycles. The Kier molecular flexibility index (Phi) is 6.57. The lowest BCUT2D eigenvalue weighted by Crippen LogP contribution is -2.25. The van der Waals surface area contributed by atoms with E-state index in [0.717, 1.165) is 17.7 Å². The fraction of sp³-hybridized carbons (Fsp3) is 0.300. The second kappa shape index (κ2) is 8.87. The van der Waals surface area contributed by atoms with Gasteiger partial charge < -0.3 is 15.4 Å². The molecule has 0 radical (unpaired) electrons. The van der Waals surface area contributed by atoms with Gasteiger partial charge in [-0.1, -0.05) is 18.2 Å². The van der Waals surface area contributed by atoms with Crippen LogP contribution in [0.4, 0.5) is 5.69 Å². The second-order valence-electron chi connectivity index (χ2n) is 6.08. The number of amides is 2. The van der Waals surface area contributed by atoms with Gasteiger partial charge in [0.1, 0.15) is 5.75 Å². The van der Waals surface area contributed by atoms with Crippen LogP contribution in [0.15, 0.2) is 48.5 Å². The van der Waals surface area contributed by atoms with Gasteiger partial charge in [-0.15, -0.1) is 0 Å². The average molecular weight is 340 g/mol. The molecule has 5 heteroatoms. The van der Waals surface area contributed by atoms with E-state index in [9.17, 15) is 9.59 Å². The lowest BCUT2D eigenvalue weighted by molar-refractivity contribution is -0.114. The third-order valence-corrected chi connectivity index (χ3v) is 3.44. The summed E-state index contributed by atoms with van der Waals surface area (Å²) in [5.41, 5.74) is 2.26. The highest BCUT2D eigenvalue weighted by atomic mass is 16.5. The predicted molar refractivity (Wildman–Crippen MR) is 99.0 cm³/mol. The minimum Gasteiger partial charge on any atom is -0.491 e. The molecular weight excluding hydrogens is 316 g/mol. The molecule has 0 heterocycles. The number of ether oxygens (including phenoxy) is 1. The van der Waals surface area contributed by atoms with Crippen molar-refractivity contribution in [2.45, 2.75) is 33.3 Å². The van der Waals surface area contributed by atoms with E-state index in [0.29, 0.717) is 17.8 Å². The highest BCUT2D eigenvalue weighted by Gasteiger charge is 2.06. The summed E-state index contributed by atoms with van der Waals surface area (Å²) in [6.07, 6.45) is 0.886. The highest BCUT2D eigenvalue weighted by Crippen LogP contribution is 2.14. The van der Waals surface area contributed by atoms with Crippen LogP contribution in [0.2, 0.25) is 0 Å². The summed E-state index contributed by atoms with van der Waals surface area (Å²) in [7, 11) is 0. The first-order chi connectivity index (χ1) is 11.9. The van der Waals surface area contributed by atoms with Crippen LogP contribution in [-0.4, -0.2) is 24.5 Å². The summed E-state index contributed by atoms with van der Waals surface area (Å²) in [6.45, 7) is 5.95. The lowest BCUT2D eigenvalue weighted by Gasteiger charge is -2.10. The molecule has 2 aromatic carbocycles. The van der Waals surface area contributed by atoms with Gasteiger partial charge in [-0.2, -0.15) is 0 Å². The van der Waals surface area contributed by atoms with Crippen molar-refractivity contribution < 1.29 is 14.3 Å². The van der Waals surface area contributed by atoms with Crippen LogP contribution in [0.5, 0.6) is 5.75 Å². The number of hydrogen-bond acceptors (Lipinski definition) is 3. The molecule has 0 aliphatic rings. The molecule has 2 amide bonds. The Bertz CT molecular complexity index is 724. The van der Waals surface area contributed by atoms with Gasteiger partial charge in [-0.05, 0) is 56.2 Å². The topological polar surface area (TPSA) is 67.4 Å². The largest absolute Gasteiger partial charge is 0.491 e. The van der Waals surface area contributed by atoms with Crippen molar-refractivity contribution in [2.75, 3.05) is 11.9 Å². The number of hydrogen-bond donors (Lipinski definition) is 2. The molecule has 0 aliphatic carbocycles. The fourth-order valence-corrected chi connectivity index (χ4v) is 2.37. The van der Waals surface area contributed by atoms with Crippen LogP contribution in [0.25, 0.3) is 0 Å². The van der Waals surface area contributed by atoms with Crippen LogP contribution < -0.4 is 15.4 Å². The van der Waals surface area contributed by atoms with Crippen LogP contribution in [-0.2, 0) is 11.2 Å². The van der Waals surface area contributed by atoms with Crippen molar-refractivity contribution in [2.24, 2.45) is 0 Å². The number of carbonyl (C=O) groups is 2.